The Balaban J connectivity index is 2.14. The van der Waals surface area contributed by atoms with Crippen LogP contribution in [0, 0.1) is 27.7 Å². The molecule has 112 valence electrons. The van der Waals surface area contributed by atoms with E-state index in [1.807, 2.05) is 52.0 Å². The van der Waals surface area contributed by atoms with Crippen LogP contribution in [0.3, 0.4) is 0 Å². The van der Waals surface area contributed by atoms with Crippen LogP contribution in [0.1, 0.15) is 39.8 Å². The van der Waals surface area contributed by atoms with Crippen molar-refractivity contribution in [2.24, 2.45) is 0 Å². The second-order valence-electron chi connectivity index (χ2n) is 5.51. The fraction of sp³-hybridized carbons (Fsp3) is 0.389. The van der Waals surface area contributed by atoms with Crippen molar-refractivity contribution in [2.45, 2.75) is 41.2 Å². The number of rotatable bonds is 5. The standard InChI is InChI=1S/C18H23NO2/c1-6-19-14(4)10-16(15(19)5)17(20)11-21-18-9-12(2)7-8-13(18)3/h7-10H,6,11H2,1-5H3. The minimum Gasteiger partial charge on any atom is -0.485 e. The van der Waals surface area contributed by atoms with Gasteiger partial charge in [0.2, 0.25) is 5.78 Å². The first-order valence-corrected chi connectivity index (χ1v) is 7.34. The van der Waals surface area contributed by atoms with E-state index in [1.165, 1.54) is 0 Å². The lowest BCUT2D eigenvalue weighted by atomic mass is 10.1. The minimum atomic E-state index is 0.0312. The first-order valence-electron chi connectivity index (χ1n) is 7.34. The van der Waals surface area contributed by atoms with Crippen LogP contribution in [0.15, 0.2) is 24.3 Å². The lowest BCUT2D eigenvalue weighted by Gasteiger charge is -2.10. The average Bonchev–Trinajstić information content (AvgIpc) is 2.74. The summed E-state index contributed by atoms with van der Waals surface area (Å²) in [7, 11) is 0. The van der Waals surface area contributed by atoms with E-state index in [0.717, 1.165) is 40.4 Å². The van der Waals surface area contributed by atoms with Crippen LogP contribution in [0.5, 0.6) is 5.75 Å². The SMILES string of the molecule is CCn1c(C)cc(C(=O)COc2cc(C)ccc2C)c1C. The first kappa shape index (κ1) is 15.4. The number of ether oxygens (including phenoxy) is 1. The van der Waals surface area contributed by atoms with Crippen molar-refractivity contribution in [2.75, 3.05) is 6.61 Å². The van der Waals surface area contributed by atoms with E-state index in [2.05, 4.69) is 11.5 Å². The van der Waals surface area contributed by atoms with Crippen molar-refractivity contribution >= 4 is 5.78 Å². The molecule has 3 nitrogen and oxygen atoms in total. The number of aromatic nitrogens is 1. The van der Waals surface area contributed by atoms with Crippen molar-refractivity contribution < 1.29 is 9.53 Å². The number of carbonyl (C=O) groups is 1. The number of Topliss-reactive ketones (excluding diaryl/α,β-unsaturated/α-hetero) is 1. The largest absolute Gasteiger partial charge is 0.485 e. The lowest BCUT2D eigenvalue weighted by molar-refractivity contribution is 0.0920. The summed E-state index contributed by atoms with van der Waals surface area (Å²) in [5, 5.41) is 0. The first-order chi connectivity index (χ1) is 9.93. The molecule has 1 aromatic heterocycles. The third kappa shape index (κ3) is 3.18. The van der Waals surface area contributed by atoms with E-state index in [9.17, 15) is 4.79 Å². The minimum absolute atomic E-state index is 0.0312. The van der Waals surface area contributed by atoms with Gasteiger partial charge in [-0.25, -0.2) is 0 Å². The predicted molar refractivity (Wildman–Crippen MR) is 85.3 cm³/mol. The molecule has 0 radical (unpaired) electrons. The smallest absolute Gasteiger partial charge is 0.202 e. The zero-order valence-corrected chi connectivity index (χ0v) is 13.5. The highest BCUT2D eigenvalue weighted by atomic mass is 16.5. The second kappa shape index (κ2) is 6.17. The summed E-state index contributed by atoms with van der Waals surface area (Å²) in [5.74, 6) is 0.816. The number of nitrogens with zero attached hydrogens (tertiary/aromatic N) is 1. The Morgan fingerprint density at radius 3 is 2.48 bits per heavy atom. The topological polar surface area (TPSA) is 31.2 Å². The molecule has 21 heavy (non-hydrogen) atoms. The van der Waals surface area contributed by atoms with Gasteiger partial charge in [0, 0.05) is 23.5 Å². The lowest BCUT2D eigenvalue weighted by Crippen LogP contribution is -2.13. The zero-order valence-electron chi connectivity index (χ0n) is 13.5. The van der Waals surface area contributed by atoms with Gasteiger partial charge in [0.05, 0.1) is 0 Å². The molecule has 2 aromatic rings. The molecule has 0 saturated heterocycles. The Hall–Kier alpha value is -2.03. The van der Waals surface area contributed by atoms with Crippen molar-refractivity contribution in [1.82, 2.24) is 4.57 Å². The highest BCUT2D eigenvalue weighted by molar-refractivity contribution is 5.98. The van der Waals surface area contributed by atoms with Gasteiger partial charge in [0.1, 0.15) is 5.75 Å². The average molecular weight is 285 g/mol. The van der Waals surface area contributed by atoms with Gasteiger partial charge >= 0.3 is 0 Å². The number of hydrogen-bond donors (Lipinski definition) is 0. The van der Waals surface area contributed by atoms with E-state index in [0.29, 0.717) is 0 Å². The third-order valence-electron chi connectivity index (χ3n) is 3.89. The summed E-state index contributed by atoms with van der Waals surface area (Å²) in [6, 6.07) is 7.97. The fourth-order valence-electron chi connectivity index (χ4n) is 2.65. The Kier molecular flexibility index (Phi) is 4.51. The Morgan fingerprint density at radius 2 is 1.86 bits per heavy atom. The maximum absolute atomic E-state index is 12.4. The van der Waals surface area contributed by atoms with Gasteiger partial charge in [0.25, 0.3) is 0 Å². The van der Waals surface area contributed by atoms with Crippen LogP contribution in [0.4, 0.5) is 0 Å². The summed E-state index contributed by atoms with van der Waals surface area (Å²) in [6.07, 6.45) is 0. The molecule has 1 heterocycles. The van der Waals surface area contributed by atoms with Gasteiger partial charge in [-0.05, 0) is 57.9 Å². The maximum Gasteiger partial charge on any atom is 0.202 e. The molecule has 0 saturated carbocycles. The Bertz CT molecular complexity index is 668. The van der Waals surface area contributed by atoms with Gasteiger partial charge in [-0.1, -0.05) is 12.1 Å². The van der Waals surface area contributed by atoms with Gasteiger partial charge in [-0.2, -0.15) is 0 Å². The van der Waals surface area contributed by atoms with Crippen LogP contribution in [0.2, 0.25) is 0 Å². The zero-order chi connectivity index (χ0) is 15.6. The molecule has 0 atom stereocenters. The van der Waals surface area contributed by atoms with Crippen LogP contribution in [-0.4, -0.2) is 17.0 Å². The molecule has 0 spiro atoms. The second-order valence-corrected chi connectivity index (χ2v) is 5.51. The van der Waals surface area contributed by atoms with Crippen LogP contribution in [0.25, 0.3) is 0 Å². The Labute approximate surface area is 126 Å². The maximum atomic E-state index is 12.4. The predicted octanol–water partition coefficient (Wildman–Crippen LogP) is 4.00. The third-order valence-corrected chi connectivity index (χ3v) is 3.89. The molecule has 0 aliphatic heterocycles. The van der Waals surface area contributed by atoms with Crippen LogP contribution in [-0.2, 0) is 6.54 Å². The molecular formula is C18H23NO2. The molecule has 0 unspecified atom stereocenters. The van der Waals surface area contributed by atoms with Gasteiger partial charge in [-0.15, -0.1) is 0 Å². The summed E-state index contributed by atoms with van der Waals surface area (Å²) < 4.78 is 7.86. The molecule has 0 amide bonds. The van der Waals surface area contributed by atoms with Gasteiger partial charge in [0.15, 0.2) is 6.61 Å². The van der Waals surface area contributed by atoms with Crippen molar-refractivity contribution in [3.63, 3.8) is 0 Å². The van der Waals surface area contributed by atoms with Crippen LogP contribution >= 0.6 is 0 Å². The van der Waals surface area contributed by atoms with E-state index in [4.69, 9.17) is 4.74 Å². The summed E-state index contributed by atoms with van der Waals surface area (Å²) in [6.45, 7) is 11.1. The molecule has 3 heteroatoms. The number of carbonyl (C=O) groups excluding carboxylic acids is 1. The van der Waals surface area contributed by atoms with E-state index < -0.39 is 0 Å². The van der Waals surface area contributed by atoms with Crippen molar-refractivity contribution in [1.29, 1.82) is 0 Å². The van der Waals surface area contributed by atoms with E-state index in [-0.39, 0.29) is 12.4 Å². The highest BCUT2D eigenvalue weighted by Gasteiger charge is 2.15. The van der Waals surface area contributed by atoms with Gasteiger partial charge < -0.3 is 9.30 Å². The Morgan fingerprint density at radius 1 is 1.14 bits per heavy atom. The molecule has 2 rings (SSSR count). The highest BCUT2D eigenvalue weighted by Crippen LogP contribution is 2.20. The monoisotopic (exact) mass is 285 g/mol. The summed E-state index contributed by atoms with van der Waals surface area (Å²) >= 11 is 0. The quantitative estimate of drug-likeness (QED) is 0.777. The fourth-order valence-corrected chi connectivity index (χ4v) is 2.65. The molecule has 0 fully saturated rings. The van der Waals surface area contributed by atoms with E-state index in [1.54, 1.807) is 0 Å². The molecule has 0 aliphatic rings. The molecule has 0 bridgehead atoms. The molecule has 0 N–H and O–H groups in total. The van der Waals surface area contributed by atoms with Crippen molar-refractivity contribution in [3.05, 3.63) is 52.3 Å². The number of ketones is 1. The number of aryl methyl sites for hydroxylation is 3. The molecule has 1 aromatic carbocycles. The van der Waals surface area contributed by atoms with Crippen LogP contribution < -0.4 is 4.74 Å². The summed E-state index contributed by atoms with van der Waals surface area (Å²) in [4.78, 5) is 12.4. The molecule has 0 aliphatic carbocycles. The normalized spacial score (nSPS) is 10.7. The van der Waals surface area contributed by atoms with E-state index >= 15 is 0 Å². The van der Waals surface area contributed by atoms with Gasteiger partial charge in [-0.3, -0.25) is 4.79 Å². The number of hydrogen-bond acceptors (Lipinski definition) is 2. The summed E-state index contributed by atoms with van der Waals surface area (Å²) in [5.41, 5.74) is 5.08. The molecular weight excluding hydrogens is 262 g/mol. The van der Waals surface area contributed by atoms with Crippen molar-refractivity contribution in [3.8, 4) is 5.75 Å². The number of benzene rings is 1.